The number of rotatable bonds is 6. The van der Waals surface area contributed by atoms with Crippen LogP contribution >= 0.6 is 0 Å². The molecule has 0 saturated carbocycles. The van der Waals surface area contributed by atoms with E-state index in [0.717, 1.165) is 11.4 Å². The van der Waals surface area contributed by atoms with Gasteiger partial charge < -0.3 is 10.2 Å². The average molecular weight is 270 g/mol. The first-order valence-corrected chi connectivity index (χ1v) is 7.77. The normalized spacial score (nSPS) is 11.6. The largest absolute Gasteiger partial charge is 0.384 e. The molecule has 4 nitrogen and oxygen atoms in total. The Bertz CT molecular complexity index is 464. The lowest BCUT2D eigenvalue weighted by Crippen LogP contribution is -2.22. The summed E-state index contributed by atoms with van der Waals surface area (Å²) < 4.78 is 23.2. The van der Waals surface area contributed by atoms with Crippen LogP contribution in [0.25, 0.3) is 0 Å². The van der Waals surface area contributed by atoms with Crippen LogP contribution in [0.5, 0.6) is 0 Å². The number of hydrogen-bond donors (Lipinski definition) is 1. The zero-order chi connectivity index (χ0) is 13.8. The Morgan fingerprint density at radius 3 is 2.17 bits per heavy atom. The molecule has 0 aromatic heterocycles. The van der Waals surface area contributed by atoms with E-state index in [1.807, 2.05) is 43.3 Å². The van der Waals surface area contributed by atoms with Gasteiger partial charge in [0.15, 0.2) is 9.84 Å². The third-order valence-corrected chi connectivity index (χ3v) is 5.03. The smallest absolute Gasteiger partial charge is 0.154 e. The van der Waals surface area contributed by atoms with E-state index in [1.54, 1.807) is 13.8 Å². The lowest BCUT2D eigenvalue weighted by atomic mass is 10.2. The predicted molar refractivity (Wildman–Crippen MR) is 78.2 cm³/mol. The van der Waals surface area contributed by atoms with Gasteiger partial charge in [-0.1, -0.05) is 0 Å². The van der Waals surface area contributed by atoms with Gasteiger partial charge in [-0.05, 0) is 38.1 Å². The first-order chi connectivity index (χ1) is 8.33. The molecule has 1 N–H and O–H groups in total. The van der Waals surface area contributed by atoms with Crippen LogP contribution in [0.15, 0.2) is 24.3 Å². The van der Waals surface area contributed by atoms with E-state index in [1.165, 1.54) is 0 Å². The maximum Gasteiger partial charge on any atom is 0.154 e. The summed E-state index contributed by atoms with van der Waals surface area (Å²) in [5.41, 5.74) is 2.06. The van der Waals surface area contributed by atoms with Gasteiger partial charge >= 0.3 is 0 Å². The summed E-state index contributed by atoms with van der Waals surface area (Å²) >= 11 is 0. The van der Waals surface area contributed by atoms with Gasteiger partial charge in [0, 0.05) is 32.0 Å². The van der Waals surface area contributed by atoms with E-state index in [2.05, 4.69) is 5.32 Å². The third-order valence-electron chi connectivity index (χ3n) is 2.82. The van der Waals surface area contributed by atoms with Gasteiger partial charge in [-0.3, -0.25) is 0 Å². The second-order valence-corrected chi connectivity index (χ2v) is 7.46. The fourth-order valence-corrected chi connectivity index (χ4v) is 2.31. The minimum atomic E-state index is -2.96. The molecule has 0 aliphatic heterocycles. The van der Waals surface area contributed by atoms with Crippen molar-refractivity contribution in [1.29, 1.82) is 0 Å². The molecule has 0 aliphatic rings. The molecule has 5 heteroatoms. The van der Waals surface area contributed by atoms with Crippen LogP contribution in [0.1, 0.15) is 13.8 Å². The average Bonchev–Trinajstić information content (AvgIpc) is 2.29. The topological polar surface area (TPSA) is 49.4 Å². The maximum absolute atomic E-state index is 11.6. The molecule has 18 heavy (non-hydrogen) atoms. The first kappa shape index (κ1) is 14.8. The van der Waals surface area contributed by atoms with Crippen molar-refractivity contribution >= 4 is 21.2 Å². The van der Waals surface area contributed by atoms with Crippen LogP contribution in [-0.2, 0) is 9.84 Å². The summed E-state index contributed by atoms with van der Waals surface area (Å²) in [7, 11) is 1.01. The molecule has 0 amide bonds. The van der Waals surface area contributed by atoms with Crippen molar-refractivity contribution in [2.45, 2.75) is 19.1 Å². The predicted octanol–water partition coefficient (Wildman–Crippen LogP) is 1.99. The Labute approximate surface area is 110 Å². The number of anilines is 2. The number of benzene rings is 1. The molecule has 1 rings (SSSR count). The molecule has 0 radical (unpaired) electrons. The first-order valence-electron chi connectivity index (χ1n) is 6.06. The highest BCUT2D eigenvalue weighted by molar-refractivity contribution is 7.92. The van der Waals surface area contributed by atoms with Crippen LogP contribution in [0, 0.1) is 0 Å². The van der Waals surface area contributed by atoms with E-state index in [9.17, 15) is 8.42 Å². The number of hydrogen-bond acceptors (Lipinski definition) is 4. The molecule has 0 bridgehead atoms. The Kier molecular flexibility index (Phi) is 5.02. The van der Waals surface area contributed by atoms with E-state index >= 15 is 0 Å². The van der Waals surface area contributed by atoms with E-state index in [0.29, 0.717) is 6.54 Å². The van der Waals surface area contributed by atoms with Gasteiger partial charge in [0.05, 0.1) is 11.0 Å². The number of nitrogens with one attached hydrogen (secondary N) is 1. The maximum atomic E-state index is 11.6. The zero-order valence-corrected chi connectivity index (χ0v) is 12.3. The summed E-state index contributed by atoms with van der Waals surface area (Å²) in [6.07, 6.45) is 0. The fourth-order valence-electron chi connectivity index (χ4n) is 1.45. The molecule has 0 heterocycles. The minimum Gasteiger partial charge on any atom is -0.384 e. The summed E-state index contributed by atoms with van der Waals surface area (Å²) in [6, 6.07) is 7.91. The quantitative estimate of drug-likeness (QED) is 0.859. The minimum absolute atomic E-state index is 0.167. The molecule has 1 aromatic rings. The van der Waals surface area contributed by atoms with Crippen LogP contribution in [0.3, 0.4) is 0 Å². The second-order valence-electron chi connectivity index (χ2n) is 4.78. The molecule has 0 fully saturated rings. The zero-order valence-electron chi connectivity index (χ0n) is 11.5. The van der Waals surface area contributed by atoms with E-state index in [-0.39, 0.29) is 11.0 Å². The fraction of sp³-hybridized carbons (Fsp3) is 0.538. The second kappa shape index (κ2) is 6.09. The number of nitrogens with zero attached hydrogens (tertiary/aromatic N) is 1. The van der Waals surface area contributed by atoms with Gasteiger partial charge in [0.2, 0.25) is 0 Å². The number of sulfone groups is 1. The standard InChI is InChI=1S/C13H22N2O2S/c1-11(2)18(16,17)10-9-14-12-5-7-13(8-6-12)15(3)4/h5-8,11,14H,9-10H2,1-4H3. The highest BCUT2D eigenvalue weighted by Crippen LogP contribution is 2.15. The van der Waals surface area contributed by atoms with Crippen molar-refractivity contribution in [1.82, 2.24) is 0 Å². The molecule has 1 aromatic carbocycles. The van der Waals surface area contributed by atoms with Crippen LogP contribution in [0.4, 0.5) is 11.4 Å². The summed E-state index contributed by atoms with van der Waals surface area (Å²) in [5.74, 6) is 0.167. The van der Waals surface area contributed by atoms with Gasteiger partial charge in [0.1, 0.15) is 0 Å². The molecule has 0 unspecified atom stereocenters. The highest BCUT2D eigenvalue weighted by Gasteiger charge is 2.14. The molecule has 0 atom stereocenters. The Hall–Kier alpha value is -1.23. The third kappa shape index (κ3) is 4.22. The summed E-state index contributed by atoms with van der Waals surface area (Å²) in [5, 5.41) is 2.81. The Balaban J connectivity index is 2.50. The molecule has 0 spiro atoms. The van der Waals surface area contributed by atoms with Gasteiger partial charge in [-0.25, -0.2) is 8.42 Å². The van der Waals surface area contributed by atoms with Crippen LogP contribution in [0.2, 0.25) is 0 Å². The lowest BCUT2D eigenvalue weighted by Gasteiger charge is -2.13. The monoisotopic (exact) mass is 270 g/mol. The van der Waals surface area contributed by atoms with Crippen LogP contribution < -0.4 is 10.2 Å². The van der Waals surface area contributed by atoms with Crippen molar-refractivity contribution in [2.75, 3.05) is 36.6 Å². The van der Waals surface area contributed by atoms with Gasteiger partial charge in [-0.15, -0.1) is 0 Å². The van der Waals surface area contributed by atoms with Crippen molar-refractivity contribution in [2.24, 2.45) is 0 Å². The van der Waals surface area contributed by atoms with Crippen molar-refractivity contribution < 1.29 is 8.42 Å². The van der Waals surface area contributed by atoms with Gasteiger partial charge in [0.25, 0.3) is 0 Å². The molecular formula is C13H22N2O2S. The Morgan fingerprint density at radius 1 is 1.17 bits per heavy atom. The lowest BCUT2D eigenvalue weighted by molar-refractivity contribution is 0.588. The summed E-state index contributed by atoms with van der Waals surface area (Å²) in [4.78, 5) is 2.02. The van der Waals surface area contributed by atoms with E-state index < -0.39 is 9.84 Å². The van der Waals surface area contributed by atoms with Crippen molar-refractivity contribution in [3.63, 3.8) is 0 Å². The Morgan fingerprint density at radius 2 is 1.72 bits per heavy atom. The van der Waals surface area contributed by atoms with E-state index in [4.69, 9.17) is 0 Å². The highest BCUT2D eigenvalue weighted by atomic mass is 32.2. The molecule has 102 valence electrons. The molecule has 0 aliphatic carbocycles. The van der Waals surface area contributed by atoms with Crippen LogP contribution in [-0.4, -0.2) is 40.1 Å². The van der Waals surface area contributed by atoms with Crippen molar-refractivity contribution in [3.05, 3.63) is 24.3 Å². The SMILES string of the molecule is CC(C)S(=O)(=O)CCNc1ccc(N(C)C)cc1. The molecular weight excluding hydrogens is 248 g/mol. The van der Waals surface area contributed by atoms with Crippen molar-refractivity contribution in [3.8, 4) is 0 Å². The van der Waals surface area contributed by atoms with Gasteiger partial charge in [-0.2, -0.15) is 0 Å². The summed E-state index contributed by atoms with van der Waals surface area (Å²) in [6.45, 7) is 3.87. The molecule has 0 saturated heterocycles.